The van der Waals surface area contributed by atoms with E-state index in [0.717, 1.165) is 64.2 Å². The first-order chi connectivity index (χ1) is 48.3. The van der Waals surface area contributed by atoms with Crippen molar-refractivity contribution >= 4 is 5.91 Å². The van der Waals surface area contributed by atoms with Crippen LogP contribution in [0.2, 0.25) is 0 Å². The normalized spacial score (nSPS) is 27.2. The van der Waals surface area contributed by atoms with Crippen LogP contribution in [-0.4, -0.2) is 193 Å². The molecule has 0 radical (unpaired) electrons. The molecule has 0 aromatic carbocycles. The highest BCUT2D eigenvalue weighted by atomic mass is 16.8. The van der Waals surface area contributed by atoms with Crippen molar-refractivity contribution in [3.63, 3.8) is 0 Å². The quantitative estimate of drug-likeness (QED) is 0.0199. The number of aliphatic hydroxyl groups excluding tert-OH is 11. The fourth-order valence-electron chi connectivity index (χ4n) is 12.4. The van der Waals surface area contributed by atoms with E-state index in [9.17, 15) is 61.0 Å². The predicted octanol–water partition coefficient (Wildman–Crippen LogP) is 12.2. The molecule has 0 aliphatic carbocycles. The van der Waals surface area contributed by atoms with Crippen molar-refractivity contribution in [3.05, 3.63) is 109 Å². The van der Waals surface area contributed by atoms with Gasteiger partial charge in [0.15, 0.2) is 18.9 Å². The summed E-state index contributed by atoms with van der Waals surface area (Å²) < 4.78 is 34.4. The summed E-state index contributed by atoms with van der Waals surface area (Å²) in [4.78, 5) is 13.4. The number of nitrogens with one attached hydrogen (secondary N) is 1. The summed E-state index contributed by atoms with van der Waals surface area (Å²) in [5.74, 6) is -0.345. The zero-order valence-corrected chi connectivity index (χ0v) is 60.7. The van der Waals surface area contributed by atoms with E-state index in [2.05, 4.69) is 110 Å². The molecule has 3 aliphatic rings. The Morgan fingerprint density at radius 2 is 0.707 bits per heavy atom. The van der Waals surface area contributed by atoms with Gasteiger partial charge in [0.05, 0.1) is 38.6 Å². The van der Waals surface area contributed by atoms with E-state index >= 15 is 0 Å². The first kappa shape index (κ1) is 89.7. The number of carbonyl (C=O) groups is 1. The van der Waals surface area contributed by atoms with Gasteiger partial charge in [-0.3, -0.25) is 4.79 Å². The van der Waals surface area contributed by atoms with E-state index in [1.54, 1.807) is 6.08 Å². The molecule has 99 heavy (non-hydrogen) atoms. The molecular formula is C80H137NO18. The summed E-state index contributed by atoms with van der Waals surface area (Å²) in [5, 5.41) is 121. The van der Waals surface area contributed by atoms with Crippen molar-refractivity contribution in [1.82, 2.24) is 5.32 Å². The second-order valence-corrected chi connectivity index (χ2v) is 27.1. The summed E-state index contributed by atoms with van der Waals surface area (Å²) in [6.45, 7) is 1.57. The number of hydrogen-bond donors (Lipinski definition) is 12. The highest BCUT2D eigenvalue weighted by Crippen LogP contribution is 2.33. The van der Waals surface area contributed by atoms with Crippen LogP contribution in [0.5, 0.6) is 0 Å². The maximum atomic E-state index is 13.4. The molecule has 3 aliphatic heterocycles. The van der Waals surface area contributed by atoms with Crippen LogP contribution in [-0.2, 0) is 33.2 Å². The minimum Gasteiger partial charge on any atom is -0.394 e. The molecule has 0 aromatic rings. The van der Waals surface area contributed by atoms with Crippen molar-refractivity contribution in [3.8, 4) is 0 Å². The van der Waals surface area contributed by atoms with Gasteiger partial charge in [-0.05, 0) is 83.5 Å². The fraction of sp³-hybridized carbons (Fsp3) is 0.762. The van der Waals surface area contributed by atoms with Gasteiger partial charge in [-0.25, -0.2) is 0 Å². The molecule has 0 aromatic heterocycles. The van der Waals surface area contributed by atoms with Crippen LogP contribution < -0.4 is 5.32 Å². The summed E-state index contributed by atoms with van der Waals surface area (Å²) in [5.41, 5.74) is 0. The lowest BCUT2D eigenvalue weighted by atomic mass is 9.96. The maximum Gasteiger partial charge on any atom is 0.220 e. The molecule has 12 N–H and O–H groups in total. The third-order valence-corrected chi connectivity index (χ3v) is 18.6. The lowest BCUT2D eigenvalue weighted by Crippen LogP contribution is -2.66. The number of unbranched alkanes of at least 4 members (excludes halogenated alkanes) is 27. The molecule has 17 atom stereocenters. The fourth-order valence-corrected chi connectivity index (χ4v) is 12.4. The van der Waals surface area contributed by atoms with E-state index < -0.39 is 131 Å². The van der Waals surface area contributed by atoms with Crippen molar-refractivity contribution in [1.29, 1.82) is 0 Å². The van der Waals surface area contributed by atoms with Gasteiger partial charge in [0, 0.05) is 6.42 Å². The zero-order chi connectivity index (χ0) is 71.8. The van der Waals surface area contributed by atoms with Gasteiger partial charge in [-0.1, -0.05) is 277 Å². The van der Waals surface area contributed by atoms with Gasteiger partial charge in [0.1, 0.15) is 73.2 Å². The molecule has 0 bridgehead atoms. The molecule has 570 valence electrons. The summed E-state index contributed by atoms with van der Waals surface area (Å²) in [6.07, 6.45) is 55.2. The molecule has 3 rings (SSSR count). The Balaban J connectivity index is 1.42. The van der Waals surface area contributed by atoms with Gasteiger partial charge in [-0.15, -0.1) is 0 Å². The molecular weight excluding hydrogens is 1260 g/mol. The van der Waals surface area contributed by atoms with Crippen molar-refractivity contribution in [2.24, 2.45) is 0 Å². The van der Waals surface area contributed by atoms with Gasteiger partial charge in [0.2, 0.25) is 5.91 Å². The molecule has 17 unspecified atom stereocenters. The molecule has 1 amide bonds. The molecule has 0 spiro atoms. The first-order valence-corrected chi connectivity index (χ1v) is 38.6. The average molecular weight is 1400 g/mol. The van der Waals surface area contributed by atoms with Crippen LogP contribution in [0, 0.1) is 0 Å². The number of allylic oxidation sites excluding steroid dienone is 17. The minimum atomic E-state index is -1.99. The molecule has 3 heterocycles. The molecule has 3 saturated heterocycles. The lowest BCUT2D eigenvalue weighted by molar-refractivity contribution is -0.379. The first-order valence-electron chi connectivity index (χ1n) is 38.6. The van der Waals surface area contributed by atoms with Crippen molar-refractivity contribution in [2.45, 2.75) is 362 Å². The SMILES string of the molecule is CC/C=C\C/C=C\C/C=C\C/C=C\C/C=C\C/C=C\C/C=C\CCCC(=O)NC(COC1OC(CO)C(OC2OC(CO)C(OC3OC(CO)C(O)C(O)C3O)C(O)C2O)C(O)C1O)C(O)/C=C/CC/C=C/CCCCCCCCCCCCCCCCCCCCCCCCCCC. The number of rotatable bonds is 59. The van der Waals surface area contributed by atoms with Crippen molar-refractivity contribution < 1.29 is 89.4 Å². The number of hydrogen-bond acceptors (Lipinski definition) is 18. The van der Waals surface area contributed by atoms with Crippen LogP contribution in [0.15, 0.2) is 109 Å². The minimum absolute atomic E-state index is 0.149. The monoisotopic (exact) mass is 1400 g/mol. The van der Waals surface area contributed by atoms with E-state index in [4.69, 9.17) is 28.4 Å². The number of amides is 1. The number of aliphatic hydroxyl groups is 11. The maximum absolute atomic E-state index is 13.4. The van der Waals surface area contributed by atoms with Gasteiger partial charge in [-0.2, -0.15) is 0 Å². The third kappa shape index (κ3) is 40.3. The number of carbonyl (C=O) groups excluding carboxylic acids is 1. The lowest BCUT2D eigenvalue weighted by Gasteiger charge is -2.48. The Labute approximate surface area is 595 Å². The molecule has 19 heteroatoms. The Hall–Kier alpha value is -3.55. The van der Waals surface area contributed by atoms with Gasteiger partial charge >= 0.3 is 0 Å². The van der Waals surface area contributed by atoms with Crippen LogP contribution >= 0.6 is 0 Å². The summed E-state index contributed by atoms with van der Waals surface area (Å²) >= 11 is 0. The highest BCUT2D eigenvalue weighted by Gasteiger charge is 2.53. The van der Waals surface area contributed by atoms with Crippen molar-refractivity contribution in [2.75, 3.05) is 26.4 Å². The Bertz CT molecular complexity index is 2220. The average Bonchev–Trinajstić information content (AvgIpc) is 0.782. The predicted molar refractivity (Wildman–Crippen MR) is 392 cm³/mol. The zero-order valence-electron chi connectivity index (χ0n) is 60.7. The van der Waals surface area contributed by atoms with Crippen LogP contribution in [0.3, 0.4) is 0 Å². The van der Waals surface area contributed by atoms with Crippen LogP contribution in [0.25, 0.3) is 0 Å². The molecule has 3 fully saturated rings. The van der Waals surface area contributed by atoms with E-state index in [-0.39, 0.29) is 12.3 Å². The standard InChI is InChI=1S/C80H137NO18/c1-3-5-7-9-11-13-15-17-19-21-23-25-27-28-29-30-31-32-33-34-36-37-39-41-43-45-47-49-51-53-55-57-64(85)63(81-68(86)58-56-54-52-50-48-46-44-42-40-38-35-26-24-22-20-18-16-14-12-10-8-6-4-2)62-94-78-74(92)71(89)76(66(60-83)96-78)99-80-75(93)72(90)77(67(61-84)97-80)98-79-73(91)70(88)69(87)65(59-82)95-79/h6,8,12,14,18,20,24,26,38,40,44,46-47,49-50,52,55,57,63-67,69-80,82-85,87-93H,3-5,7,9-11,13,15-17,19,21-23,25,27-37,39,41-43,45,48,51,53-54,56,58-62H2,1-2H3,(H,81,86)/b8-6-,14-12-,20-18-,26-24-,40-38-,46-44-,49-47+,52-50-,57-55+. The second kappa shape index (κ2) is 59.8. The highest BCUT2D eigenvalue weighted by molar-refractivity contribution is 5.76. The Kier molecular flexibility index (Phi) is 54.2. The second-order valence-electron chi connectivity index (χ2n) is 27.1. The summed E-state index contributed by atoms with van der Waals surface area (Å²) in [7, 11) is 0. The third-order valence-electron chi connectivity index (χ3n) is 18.6. The van der Waals surface area contributed by atoms with E-state index in [1.165, 1.54) is 154 Å². The number of ether oxygens (including phenoxy) is 6. The summed E-state index contributed by atoms with van der Waals surface area (Å²) in [6, 6.07) is -1.03. The Morgan fingerprint density at radius 1 is 0.374 bits per heavy atom. The van der Waals surface area contributed by atoms with Crippen LogP contribution in [0.1, 0.15) is 258 Å². The topological polar surface area (TPSA) is 307 Å². The van der Waals surface area contributed by atoms with Crippen LogP contribution in [0.4, 0.5) is 0 Å². The van der Waals surface area contributed by atoms with Gasteiger partial charge < -0.3 is 89.9 Å². The largest absolute Gasteiger partial charge is 0.394 e. The molecule has 19 nitrogen and oxygen atoms in total. The Morgan fingerprint density at radius 3 is 1.13 bits per heavy atom. The smallest absolute Gasteiger partial charge is 0.220 e. The van der Waals surface area contributed by atoms with E-state index in [0.29, 0.717) is 19.3 Å². The molecule has 0 saturated carbocycles. The van der Waals surface area contributed by atoms with Gasteiger partial charge in [0.25, 0.3) is 0 Å². The van der Waals surface area contributed by atoms with E-state index in [1.807, 2.05) is 12.2 Å².